The SMILES string of the molecule is CC1CCC(OC(=O)CCCCN)CC1C. The zero-order chi connectivity index (χ0) is 12.0. The summed E-state index contributed by atoms with van der Waals surface area (Å²) in [6.07, 6.45) is 5.70. The Hall–Kier alpha value is -0.570. The van der Waals surface area contributed by atoms with Gasteiger partial charge in [-0.3, -0.25) is 4.79 Å². The monoisotopic (exact) mass is 227 g/mol. The smallest absolute Gasteiger partial charge is 0.306 e. The van der Waals surface area contributed by atoms with Gasteiger partial charge < -0.3 is 10.5 Å². The molecule has 0 amide bonds. The standard InChI is InChI=1S/C13H25NO2/c1-10-6-7-12(9-11(10)2)16-13(15)5-3-4-8-14/h10-12H,3-9,14H2,1-2H3. The minimum atomic E-state index is -0.0415. The van der Waals surface area contributed by atoms with Crippen LogP contribution < -0.4 is 5.73 Å². The van der Waals surface area contributed by atoms with Crippen LogP contribution in [0.4, 0.5) is 0 Å². The molecule has 1 aliphatic carbocycles. The van der Waals surface area contributed by atoms with Gasteiger partial charge in [-0.1, -0.05) is 13.8 Å². The molecule has 0 aromatic rings. The number of esters is 1. The van der Waals surface area contributed by atoms with Gasteiger partial charge >= 0.3 is 5.97 Å². The van der Waals surface area contributed by atoms with E-state index in [0.29, 0.717) is 18.9 Å². The Balaban J connectivity index is 2.19. The molecule has 0 bridgehead atoms. The van der Waals surface area contributed by atoms with E-state index in [-0.39, 0.29) is 12.1 Å². The van der Waals surface area contributed by atoms with Crippen LogP contribution in [0.5, 0.6) is 0 Å². The average molecular weight is 227 g/mol. The molecule has 1 fully saturated rings. The van der Waals surface area contributed by atoms with E-state index in [4.69, 9.17) is 10.5 Å². The maximum Gasteiger partial charge on any atom is 0.306 e. The van der Waals surface area contributed by atoms with Crippen LogP contribution in [0.25, 0.3) is 0 Å². The van der Waals surface area contributed by atoms with Gasteiger partial charge in [-0.05, 0) is 50.5 Å². The highest BCUT2D eigenvalue weighted by Crippen LogP contribution is 2.31. The largest absolute Gasteiger partial charge is 0.462 e. The first-order chi connectivity index (χ1) is 7.63. The molecular weight excluding hydrogens is 202 g/mol. The molecule has 3 heteroatoms. The van der Waals surface area contributed by atoms with E-state index in [1.54, 1.807) is 0 Å². The number of hydrogen-bond acceptors (Lipinski definition) is 3. The van der Waals surface area contributed by atoms with E-state index >= 15 is 0 Å². The van der Waals surface area contributed by atoms with Crippen molar-refractivity contribution in [2.45, 2.75) is 58.5 Å². The van der Waals surface area contributed by atoms with Gasteiger partial charge in [0.15, 0.2) is 0 Å². The van der Waals surface area contributed by atoms with Gasteiger partial charge in [0.25, 0.3) is 0 Å². The van der Waals surface area contributed by atoms with Crippen LogP contribution in [0.15, 0.2) is 0 Å². The van der Waals surface area contributed by atoms with Crippen molar-refractivity contribution < 1.29 is 9.53 Å². The fourth-order valence-corrected chi connectivity index (χ4v) is 2.26. The lowest BCUT2D eigenvalue weighted by atomic mass is 9.80. The van der Waals surface area contributed by atoms with Crippen molar-refractivity contribution in [1.82, 2.24) is 0 Å². The summed E-state index contributed by atoms with van der Waals surface area (Å²) in [4.78, 5) is 11.5. The minimum Gasteiger partial charge on any atom is -0.462 e. The van der Waals surface area contributed by atoms with E-state index in [1.165, 1.54) is 6.42 Å². The van der Waals surface area contributed by atoms with Crippen LogP contribution in [0.1, 0.15) is 52.4 Å². The molecule has 3 unspecified atom stereocenters. The lowest BCUT2D eigenvalue weighted by molar-refractivity contribution is -0.151. The highest BCUT2D eigenvalue weighted by molar-refractivity contribution is 5.69. The van der Waals surface area contributed by atoms with Gasteiger partial charge in [-0.15, -0.1) is 0 Å². The summed E-state index contributed by atoms with van der Waals surface area (Å²) in [7, 11) is 0. The first kappa shape index (κ1) is 13.5. The fraction of sp³-hybridized carbons (Fsp3) is 0.923. The summed E-state index contributed by atoms with van der Waals surface area (Å²) >= 11 is 0. The average Bonchev–Trinajstić information content (AvgIpc) is 2.24. The number of nitrogens with two attached hydrogens (primary N) is 1. The summed E-state index contributed by atoms with van der Waals surface area (Å²) in [5.41, 5.74) is 5.38. The third-order valence-corrected chi connectivity index (χ3v) is 3.68. The minimum absolute atomic E-state index is 0.0415. The van der Waals surface area contributed by atoms with Crippen molar-refractivity contribution in [1.29, 1.82) is 0 Å². The number of carbonyl (C=O) groups excluding carboxylic acids is 1. The van der Waals surface area contributed by atoms with Crippen LogP contribution in [0.3, 0.4) is 0 Å². The Morgan fingerprint density at radius 1 is 1.25 bits per heavy atom. The molecule has 3 nitrogen and oxygen atoms in total. The second-order valence-electron chi connectivity index (χ2n) is 5.13. The van der Waals surface area contributed by atoms with Crippen molar-refractivity contribution in [3.8, 4) is 0 Å². The summed E-state index contributed by atoms with van der Waals surface area (Å²) in [5, 5.41) is 0. The third-order valence-electron chi connectivity index (χ3n) is 3.68. The Bertz CT molecular complexity index is 218. The molecule has 2 N–H and O–H groups in total. The van der Waals surface area contributed by atoms with E-state index in [1.807, 2.05) is 0 Å². The van der Waals surface area contributed by atoms with Crippen LogP contribution in [0, 0.1) is 11.8 Å². The van der Waals surface area contributed by atoms with Crippen molar-refractivity contribution in [2.75, 3.05) is 6.54 Å². The Labute approximate surface area is 98.7 Å². The topological polar surface area (TPSA) is 52.3 Å². The second kappa shape index (κ2) is 6.89. The maximum atomic E-state index is 11.5. The van der Waals surface area contributed by atoms with E-state index in [9.17, 15) is 4.79 Å². The van der Waals surface area contributed by atoms with Gasteiger partial charge in [0.05, 0.1) is 0 Å². The van der Waals surface area contributed by atoms with Crippen LogP contribution in [-0.2, 0) is 9.53 Å². The maximum absolute atomic E-state index is 11.5. The molecule has 16 heavy (non-hydrogen) atoms. The number of unbranched alkanes of at least 4 members (excludes halogenated alkanes) is 1. The highest BCUT2D eigenvalue weighted by Gasteiger charge is 2.26. The Kier molecular flexibility index (Phi) is 5.81. The van der Waals surface area contributed by atoms with E-state index in [2.05, 4.69) is 13.8 Å². The highest BCUT2D eigenvalue weighted by atomic mass is 16.5. The normalized spacial score (nSPS) is 30.1. The lowest BCUT2D eigenvalue weighted by Crippen LogP contribution is -2.28. The predicted molar refractivity (Wildman–Crippen MR) is 65.0 cm³/mol. The fourth-order valence-electron chi connectivity index (χ4n) is 2.26. The predicted octanol–water partition coefficient (Wildman–Crippen LogP) is 2.48. The number of ether oxygens (including phenoxy) is 1. The van der Waals surface area contributed by atoms with Crippen molar-refractivity contribution in [3.63, 3.8) is 0 Å². The first-order valence-corrected chi connectivity index (χ1v) is 6.53. The Morgan fingerprint density at radius 2 is 2.00 bits per heavy atom. The van der Waals surface area contributed by atoms with Gasteiger partial charge in [0, 0.05) is 6.42 Å². The number of hydrogen-bond donors (Lipinski definition) is 1. The lowest BCUT2D eigenvalue weighted by Gasteiger charge is -2.31. The molecule has 0 spiro atoms. The molecule has 0 aromatic carbocycles. The van der Waals surface area contributed by atoms with Crippen LogP contribution in [0.2, 0.25) is 0 Å². The van der Waals surface area contributed by atoms with Gasteiger partial charge in [-0.2, -0.15) is 0 Å². The van der Waals surface area contributed by atoms with Crippen molar-refractivity contribution >= 4 is 5.97 Å². The molecule has 0 aliphatic heterocycles. The van der Waals surface area contributed by atoms with Gasteiger partial charge in [-0.25, -0.2) is 0 Å². The molecule has 0 heterocycles. The molecule has 0 radical (unpaired) electrons. The van der Waals surface area contributed by atoms with Gasteiger partial charge in [0.2, 0.25) is 0 Å². The Morgan fingerprint density at radius 3 is 2.62 bits per heavy atom. The van der Waals surface area contributed by atoms with Gasteiger partial charge in [0.1, 0.15) is 6.10 Å². The number of rotatable bonds is 5. The van der Waals surface area contributed by atoms with E-state index in [0.717, 1.165) is 31.6 Å². The molecule has 0 aromatic heterocycles. The van der Waals surface area contributed by atoms with Crippen molar-refractivity contribution in [3.05, 3.63) is 0 Å². The summed E-state index contributed by atoms with van der Waals surface area (Å²) in [6.45, 7) is 5.19. The summed E-state index contributed by atoms with van der Waals surface area (Å²) in [6, 6.07) is 0. The molecule has 1 aliphatic rings. The summed E-state index contributed by atoms with van der Waals surface area (Å²) < 4.78 is 5.48. The quantitative estimate of drug-likeness (QED) is 0.580. The zero-order valence-corrected chi connectivity index (χ0v) is 10.6. The van der Waals surface area contributed by atoms with Crippen LogP contribution in [-0.4, -0.2) is 18.6 Å². The molecule has 94 valence electrons. The molecule has 3 atom stereocenters. The molecule has 0 saturated heterocycles. The van der Waals surface area contributed by atoms with Crippen LogP contribution >= 0.6 is 0 Å². The second-order valence-corrected chi connectivity index (χ2v) is 5.13. The van der Waals surface area contributed by atoms with E-state index < -0.39 is 0 Å². The molecule has 1 rings (SSSR count). The molecule has 1 saturated carbocycles. The molecular formula is C13H25NO2. The van der Waals surface area contributed by atoms with Crippen molar-refractivity contribution in [2.24, 2.45) is 17.6 Å². The zero-order valence-electron chi connectivity index (χ0n) is 10.6. The third kappa shape index (κ3) is 4.52. The number of carbonyl (C=O) groups is 1. The summed E-state index contributed by atoms with van der Waals surface area (Å²) in [5.74, 6) is 1.41. The first-order valence-electron chi connectivity index (χ1n) is 6.53.